The minimum absolute atomic E-state index is 0.0197. The fraction of sp³-hybridized carbons (Fsp3) is 0.526. The molecule has 0 radical (unpaired) electrons. The molecule has 112 valence electrons. The van der Waals surface area contributed by atoms with Gasteiger partial charge in [-0.2, -0.15) is 0 Å². The van der Waals surface area contributed by atoms with Gasteiger partial charge >= 0.3 is 5.97 Å². The zero-order chi connectivity index (χ0) is 15.2. The summed E-state index contributed by atoms with van der Waals surface area (Å²) < 4.78 is 5.64. The Morgan fingerprint density at radius 1 is 1.24 bits per heavy atom. The second-order valence-electron chi connectivity index (χ2n) is 6.39. The molecule has 0 unspecified atom stereocenters. The molecule has 0 amide bonds. The Bertz CT molecular complexity index is 521. The van der Waals surface area contributed by atoms with Crippen LogP contribution in [0.15, 0.2) is 30.3 Å². The summed E-state index contributed by atoms with van der Waals surface area (Å²) in [4.78, 5) is 12.0. The predicted molar refractivity (Wildman–Crippen MR) is 84.5 cm³/mol. The molecule has 1 fully saturated rings. The Hall–Kier alpha value is -1.75. The van der Waals surface area contributed by atoms with Crippen LogP contribution in [-0.2, 0) is 9.53 Å². The molecule has 0 heterocycles. The molecule has 0 saturated heterocycles. The zero-order valence-corrected chi connectivity index (χ0v) is 13.1. The molecule has 1 aliphatic carbocycles. The van der Waals surface area contributed by atoms with Crippen LogP contribution in [0, 0.1) is 29.6 Å². The second kappa shape index (κ2) is 7.31. The lowest BCUT2D eigenvalue weighted by atomic mass is 9.75. The molecule has 1 saturated carbocycles. The van der Waals surface area contributed by atoms with Crippen LogP contribution in [0.3, 0.4) is 0 Å². The van der Waals surface area contributed by atoms with Crippen molar-refractivity contribution in [2.45, 2.75) is 46.1 Å². The highest BCUT2D eigenvalue weighted by Crippen LogP contribution is 2.35. The Balaban J connectivity index is 1.99. The van der Waals surface area contributed by atoms with Crippen LogP contribution in [0.4, 0.5) is 0 Å². The van der Waals surface area contributed by atoms with Crippen molar-refractivity contribution in [1.29, 1.82) is 0 Å². The van der Waals surface area contributed by atoms with Crippen molar-refractivity contribution in [2.75, 3.05) is 0 Å². The largest absolute Gasteiger partial charge is 0.452 e. The predicted octanol–water partition coefficient (Wildman–Crippen LogP) is 4.04. The number of carbonyl (C=O) groups excluding carboxylic acids is 1. The van der Waals surface area contributed by atoms with Crippen LogP contribution in [0.1, 0.15) is 45.6 Å². The molecule has 1 aromatic carbocycles. The molecule has 0 bridgehead atoms. The molecule has 1 aliphatic rings. The maximum atomic E-state index is 12.0. The van der Waals surface area contributed by atoms with Crippen LogP contribution in [0.25, 0.3) is 0 Å². The van der Waals surface area contributed by atoms with E-state index in [1.54, 1.807) is 0 Å². The standard InChI is InChI=1S/C19H24O2/c1-14(2)17-11-9-15(3)13-18(17)21-19(20)12-10-16-7-5-4-6-8-16/h4-8,14-15,17-18H,9,11,13H2,1-3H3/t15-,17+,18+/m1/s1. The van der Waals surface area contributed by atoms with Gasteiger partial charge in [0, 0.05) is 11.5 Å². The summed E-state index contributed by atoms with van der Waals surface area (Å²) in [6, 6.07) is 9.53. The average molecular weight is 284 g/mol. The first kappa shape index (κ1) is 15.6. The van der Waals surface area contributed by atoms with Crippen molar-refractivity contribution in [3.63, 3.8) is 0 Å². The second-order valence-corrected chi connectivity index (χ2v) is 6.39. The van der Waals surface area contributed by atoms with Gasteiger partial charge in [-0.1, -0.05) is 51.3 Å². The number of carbonyl (C=O) groups is 1. The van der Waals surface area contributed by atoms with E-state index < -0.39 is 5.97 Å². The van der Waals surface area contributed by atoms with E-state index in [1.165, 1.54) is 6.42 Å². The van der Waals surface area contributed by atoms with Gasteiger partial charge in [0.15, 0.2) is 0 Å². The Kier molecular flexibility index (Phi) is 5.44. The minimum atomic E-state index is -0.399. The Morgan fingerprint density at radius 3 is 2.62 bits per heavy atom. The maximum Gasteiger partial charge on any atom is 0.384 e. The molecule has 0 aliphatic heterocycles. The van der Waals surface area contributed by atoms with E-state index in [0.717, 1.165) is 18.4 Å². The van der Waals surface area contributed by atoms with E-state index in [9.17, 15) is 4.79 Å². The summed E-state index contributed by atoms with van der Waals surface area (Å²) in [5.41, 5.74) is 0.840. The lowest BCUT2D eigenvalue weighted by Crippen LogP contribution is -2.35. The molecule has 0 aromatic heterocycles. The molecule has 21 heavy (non-hydrogen) atoms. The molecule has 0 spiro atoms. The van der Waals surface area contributed by atoms with Crippen molar-refractivity contribution in [2.24, 2.45) is 17.8 Å². The fourth-order valence-corrected chi connectivity index (χ4v) is 3.06. The summed E-state index contributed by atoms with van der Waals surface area (Å²) in [7, 11) is 0. The number of rotatable bonds is 2. The average Bonchev–Trinajstić information content (AvgIpc) is 2.46. The van der Waals surface area contributed by atoms with Crippen LogP contribution >= 0.6 is 0 Å². The van der Waals surface area contributed by atoms with E-state index in [4.69, 9.17) is 4.74 Å². The normalized spacial score (nSPS) is 25.0. The third-order valence-corrected chi connectivity index (χ3v) is 4.30. The van der Waals surface area contributed by atoms with Crippen molar-refractivity contribution in [3.8, 4) is 11.8 Å². The molecule has 3 atom stereocenters. The van der Waals surface area contributed by atoms with Gasteiger partial charge in [-0.05, 0) is 42.7 Å². The number of hydrogen-bond acceptors (Lipinski definition) is 2. The third kappa shape index (κ3) is 4.63. The van der Waals surface area contributed by atoms with Crippen LogP contribution in [0.5, 0.6) is 0 Å². The highest BCUT2D eigenvalue weighted by Gasteiger charge is 2.33. The summed E-state index contributed by atoms with van der Waals surface area (Å²) in [5.74, 6) is 6.70. The van der Waals surface area contributed by atoms with E-state index in [2.05, 4.69) is 32.6 Å². The monoisotopic (exact) mass is 284 g/mol. The Morgan fingerprint density at radius 2 is 1.95 bits per heavy atom. The lowest BCUT2D eigenvalue weighted by Gasteiger charge is -2.36. The highest BCUT2D eigenvalue weighted by molar-refractivity contribution is 5.89. The first-order valence-electron chi connectivity index (χ1n) is 7.84. The molecule has 1 aromatic rings. The zero-order valence-electron chi connectivity index (χ0n) is 13.1. The summed E-state index contributed by atoms with van der Waals surface area (Å²) >= 11 is 0. The van der Waals surface area contributed by atoms with Gasteiger partial charge in [0.2, 0.25) is 0 Å². The van der Waals surface area contributed by atoms with Gasteiger partial charge in [0.25, 0.3) is 0 Å². The highest BCUT2D eigenvalue weighted by atomic mass is 16.5. The lowest BCUT2D eigenvalue weighted by molar-refractivity contribution is -0.148. The number of ether oxygens (including phenoxy) is 1. The first-order chi connectivity index (χ1) is 10.1. The minimum Gasteiger partial charge on any atom is -0.452 e. The van der Waals surface area contributed by atoms with E-state index >= 15 is 0 Å². The SMILES string of the molecule is CC(C)[C@@H]1CC[C@@H](C)C[C@@H]1OC(=O)C#Cc1ccccc1. The number of hydrogen-bond donors (Lipinski definition) is 0. The van der Waals surface area contributed by atoms with Crippen molar-refractivity contribution in [3.05, 3.63) is 35.9 Å². The number of benzene rings is 1. The molecule has 2 nitrogen and oxygen atoms in total. The number of esters is 1. The molecule has 0 N–H and O–H groups in total. The quantitative estimate of drug-likeness (QED) is 0.605. The summed E-state index contributed by atoms with van der Waals surface area (Å²) in [5, 5.41) is 0. The first-order valence-corrected chi connectivity index (χ1v) is 7.84. The van der Waals surface area contributed by atoms with Crippen LogP contribution in [-0.4, -0.2) is 12.1 Å². The van der Waals surface area contributed by atoms with Gasteiger partial charge in [0.05, 0.1) is 0 Å². The van der Waals surface area contributed by atoms with Crippen molar-refractivity contribution < 1.29 is 9.53 Å². The molecular weight excluding hydrogens is 260 g/mol. The summed E-state index contributed by atoms with van der Waals surface area (Å²) in [6.45, 7) is 6.64. The van der Waals surface area contributed by atoms with E-state index in [1.807, 2.05) is 30.3 Å². The smallest absolute Gasteiger partial charge is 0.384 e. The van der Waals surface area contributed by atoms with E-state index in [0.29, 0.717) is 17.8 Å². The van der Waals surface area contributed by atoms with Crippen molar-refractivity contribution in [1.82, 2.24) is 0 Å². The van der Waals surface area contributed by atoms with Gasteiger partial charge in [-0.25, -0.2) is 4.79 Å². The fourth-order valence-electron chi connectivity index (χ4n) is 3.06. The summed E-state index contributed by atoms with van der Waals surface area (Å²) in [6.07, 6.45) is 3.35. The third-order valence-electron chi connectivity index (χ3n) is 4.30. The molecule has 2 rings (SSSR count). The van der Waals surface area contributed by atoms with Gasteiger partial charge in [-0.15, -0.1) is 0 Å². The molecular formula is C19H24O2. The molecule has 2 heteroatoms. The Labute approximate surface area is 127 Å². The van der Waals surface area contributed by atoms with Gasteiger partial charge < -0.3 is 4.74 Å². The van der Waals surface area contributed by atoms with Gasteiger partial charge in [0.1, 0.15) is 6.10 Å². The topological polar surface area (TPSA) is 26.3 Å². The van der Waals surface area contributed by atoms with Gasteiger partial charge in [-0.3, -0.25) is 0 Å². The van der Waals surface area contributed by atoms with Crippen LogP contribution < -0.4 is 0 Å². The van der Waals surface area contributed by atoms with E-state index in [-0.39, 0.29) is 6.10 Å². The maximum absolute atomic E-state index is 12.0. The van der Waals surface area contributed by atoms with Crippen LogP contribution in [0.2, 0.25) is 0 Å². The van der Waals surface area contributed by atoms with Crippen molar-refractivity contribution >= 4 is 5.97 Å².